The third-order valence-electron chi connectivity index (χ3n) is 5.50. The molecule has 1 aromatic heterocycles. The fourth-order valence-corrected chi connectivity index (χ4v) is 3.73. The lowest BCUT2D eigenvalue weighted by Gasteiger charge is -2.31. The maximum Gasteiger partial charge on any atom is 0.434 e. The molecule has 3 rings (SSSR count). The highest BCUT2D eigenvalue weighted by molar-refractivity contribution is 5.81. The summed E-state index contributed by atoms with van der Waals surface area (Å²) in [6, 6.07) is -0.304. The van der Waals surface area contributed by atoms with Gasteiger partial charge in [-0.15, -0.1) is 0 Å². The van der Waals surface area contributed by atoms with Gasteiger partial charge < -0.3 is 14.6 Å². The Morgan fingerprint density at radius 1 is 1.48 bits per heavy atom. The number of carbonyl (C=O) groups is 1. The summed E-state index contributed by atoms with van der Waals surface area (Å²) in [7, 11) is 1.88. The number of carbonyl (C=O) groups excluding carboxylic acids is 1. The Labute approximate surface area is 157 Å². The summed E-state index contributed by atoms with van der Waals surface area (Å²) in [6.07, 6.45) is 0.0824. The van der Waals surface area contributed by atoms with Gasteiger partial charge >= 0.3 is 6.18 Å². The Bertz CT molecular complexity index is 656. The molecule has 0 aliphatic carbocycles. The first-order valence-corrected chi connectivity index (χ1v) is 9.47. The van der Waals surface area contributed by atoms with Crippen LogP contribution >= 0.6 is 0 Å². The minimum Gasteiger partial charge on any atom is -0.376 e. The number of hydrogen-bond acceptors (Lipinski definition) is 4. The lowest BCUT2D eigenvalue weighted by atomic mass is 9.98. The SMILES string of the molecule is CC(C(=O)NCC1CCCO1)N(C)CC1CCc2nc(C(F)(F)F)cn2C1. The minimum absolute atomic E-state index is 0.0495. The van der Waals surface area contributed by atoms with Crippen LogP contribution in [0.4, 0.5) is 13.2 Å². The molecule has 1 saturated heterocycles. The van der Waals surface area contributed by atoms with Crippen molar-refractivity contribution >= 4 is 5.91 Å². The number of imidazole rings is 1. The Hall–Kier alpha value is -1.61. The van der Waals surface area contributed by atoms with Crippen molar-refractivity contribution in [2.24, 2.45) is 5.92 Å². The van der Waals surface area contributed by atoms with Gasteiger partial charge in [0.05, 0.1) is 12.1 Å². The molecule has 3 heterocycles. The van der Waals surface area contributed by atoms with Crippen molar-refractivity contribution in [3.63, 3.8) is 0 Å². The quantitative estimate of drug-likeness (QED) is 0.811. The van der Waals surface area contributed by atoms with Gasteiger partial charge in [-0.25, -0.2) is 4.98 Å². The van der Waals surface area contributed by atoms with E-state index < -0.39 is 11.9 Å². The van der Waals surface area contributed by atoms with Crippen LogP contribution in [-0.4, -0.2) is 59.2 Å². The Morgan fingerprint density at radius 3 is 2.93 bits per heavy atom. The smallest absolute Gasteiger partial charge is 0.376 e. The van der Waals surface area contributed by atoms with Gasteiger partial charge in [-0.05, 0) is 39.2 Å². The maximum atomic E-state index is 12.8. The first kappa shape index (κ1) is 20.1. The standard InChI is InChI=1S/C18H27F3N4O2/c1-12(17(26)22-8-14-4-3-7-27-14)24(2)9-13-5-6-16-23-15(18(19,20)21)11-25(16)10-13/h11-14H,3-10H2,1-2H3,(H,22,26). The lowest BCUT2D eigenvalue weighted by molar-refractivity contribution is -0.141. The number of aromatic nitrogens is 2. The van der Waals surface area contributed by atoms with E-state index in [0.29, 0.717) is 31.9 Å². The van der Waals surface area contributed by atoms with Crippen molar-refractivity contribution in [2.75, 3.05) is 26.7 Å². The number of amides is 1. The van der Waals surface area contributed by atoms with Crippen LogP contribution in [0.1, 0.15) is 37.7 Å². The summed E-state index contributed by atoms with van der Waals surface area (Å²) in [5, 5.41) is 2.93. The Morgan fingerprint density at radius 2 is 2.26 bits per heavy atom. The second-order valence-electron chi connectivity index (χ2n) is 7.59. The number of nitrogens with zero attached hydrogens (tertiary/aromatic N) is 3. The molecule has 0 saturated carbocycles. The number of likely N-dealkylation sites (N-methyl/N-ethyl adjacent to an activating group) is 1. The topological polar surface area (TPSA) is 59.4 Å². The highest BCUT2D eigenvalue weighted by Crippen LogP contribution is 2.30. The molecule has 0 radical (unpaired) electrons. The van der Waals surface area contributed by atoms with Crippen LogP contribution < -0.4 is 5.32 Å². The Balaban J connectivity index is 1.49. The second-order valence-corrected chi connectivity index (χ2v) is 7.59. The van der Waals surface area contributed by atoms with Gasteiger partial charge in [0.2, 0.25) is 5.91 Å². The molecular formula is C18H27F3N4O2. The normalized spacial score (nSPS) is 24.1. The van der Waals surface area contributed by atoms with Crippen LogP contribution in [0.15, 0.2) is 6.20 Å². The predicted octanol–water partition coefficient (Wildman–Crippen LogP) is 2.08. The predicted molar refractivity (Wildman–Crippen MR) is 93.1 cm³/mol. The molecule has 6 nitrogen and oxygen atoms in total. The average Bonchev–Trinajstić information content (AvgIpc) is 3.27. The molecule has 1 aromatic rings. The third-order valence-corrected chi connectivity index (χ3v) is 5.50. The van der Waals surface area contributed by atoms with Crippen LogP contribution in [0.2, 0.25) is 0 Å². The minimum atomic E-state index is -4.41. The van der Waals surface area contributed by atoms with Crippen molar-refractivity contribution in [3.05, 3.63) is 17.7 Å². The van der Waals surface area contributed by atoms with Crippen LogP contribution in [0.5, 0.6) is 0 Å². The molecule has 1 fully saturated rings. The third kappa shape index (κ3) is 5.01. The fraction of sp³-hybridized carbons (Fsp3) is 0.778. The van der Waals surface area contributed by atoms with E-state index in [0.717, 1.165) is 32.1 Å². The summed E-state index contributed by atoms with van der Waals surface area (Å²) < 4.78 is 45.6. The first-order valence-electron chi connectivity index (χ1n) is 9.47. The first-order chi connectivity index (χ1) is 12.7. The molecule has 3 atom stereocenters. The summed E-state index contributed by atoms with van der Waals surface area (Å²) in [6.45, 7) is 4.27. The van der Waals surface area contributed by atoms with Crippen LogP contribution in [0.25, 0.3) is 0 Å². The van der Waals surface area contributed by atoms with E-state index >= 15 is 0 Å². The second kappa shape index (κ2) is 8.18. The number of alkyl halides is 3. The molecular weight excluding hydrogens is 361 g/mol. The number of halogens is 3. The molecule has 9 heteroatoms. The van der Waals surface area contributed by atoms with Gasteiger partial charge in [0, 0.05) is 38.9 Å². The summed E-state index contributed by atoms with van der Waals surface area (Å²) in [4.78, 5) is 18.0. The molecule has 0 aromatic carbocycles. The molecule has 3 unspecified atom stereocenters. The van der Waals surface area contributed by atoms with E-state index in [2.05, 4.69) is 10.3 Å². The molecule has 27 heavy (non-hydrogen) atoms. The number of fused-ring (bicyclic) bond motifs is 1. The fourth-order valence-electron chi connectivity index (χ4n) is 3.73. The van der Waals surface area contributed by atoms with E-state index in [1.54, 1.807) is 4.57 Å². The largest absolute Gasteiger partial charge is 0.434 e. The van der Waals surface area contributed by atoms with E-state index in [1.807, 2.05) is 18.9 Å². The van der Waals surface area contributed by atoms with Crippen molar-refractivity contribution in [1.29, 1.82) is 0 Å². The monoisotopic (exact) mass is 388 g/mol. The zero-order valence-corrected chi connectivity index (χ0v) is 15.8. The van der Waals surface area contributed by atoms with E-state index in [4.69, 9.17) is 4.74 Å². The number of rotatable bonds is 6. The average molecular weight is 388 g/mol. The van der Waals surface area contributed by atoms with Crippen LogP contribution in [0.3, 0.4) is 0 Å². The van der Waals surface area contributed by atoms with Crippen molar-refractivity contribution in [2.45, 2.75) is 57.5 Å². The lowest BCUT2D eigenvalue weighted by Crippen LogP contribution is -2.47. The highest BCUT2D eigenvalue weighted by Gasteiger charge is 2.36. The van der Waals surface area contributed by atoms with Crippen LogP contribution in [0, 0.1) is 5.92 Å². The molecule has 152 valence electrons. The van der Waals surface area contributed by atoms with Crippen LogP contribution in [-0.2, 0) is 28.7 Å². The Kier molecular flexibility index (Phi) is 6.10. The van der Waals surface area contributed by atoms with E-state index in [-0.39, 0.29) is 24.0 Å². The molecule has 2 aliphatic heterocycles. The summed E-state index contributed by atoms with van der Waals surface area (Å²) in [5.74, 6) is 0.626. The molecule has 0 spiro atoms. The van der Waals surface area contributed by atoms with Gasteiger partial charge in [-0.3, -0.25) is 9.69 Å². The molecule has 0 bridgehead atoms. The van der Waals surface area contributed by atoms with Gasteiger partial charge in [0.25, 0.3) is 0 Å². The highest BCUT2D eigenvalue weighted by atomic mass is 19.4. The van der Waals surface area contributed by atoms with Gasteiger partial charge in [-0.1, -0.05) is 0 Å². The number of aryl methyl sites for hydroxylation is 1. The number of hydrogen-bond donors (Lipinski definition) is 1. The summed E-state index contributed by atoms with van der Waals surface area (Å²) in [5.41, 5.74) is -0.826. The molecule has 1 N–H and O–H groups in total. The molecule has 2 aliphatic rings. The number of nitrogens with one attached hydrogen (secondary N) is 1. The summed E-state index contributed by atoms with van der Waals surface area (Å²) >= 11 is 0. The number of ether oxygens (including phenoxy) is 1. The van der Waals surface area contributed by atoms with E-state index in [9.17, 15) is 18.0 Å². The van der Waals surface area contributed by atoms with Crippen molar-refractivity contribution < 1.29 is 22.7 Å². The zero-order chi connectivity index (χ0) is 19.6. The van der Waals surface area contributed by atoms with E-state index in [1.165, 1.54) is 0 Å². The maximum absolute atomic E-state index is 12.8. The van der Waals surface area contributed by atoms with Gasteiger partial charge in [0.15, 0.2) is 5.69 Å². The molecule has 1 amide bonds. The van der Waals surface area contributed by atoms with Gasteiger partial charge in [-0.2, -0.15) is 13.2 Å². The van der Waals surface area contributed by atoms with Crippen molar-refractivity contribution in [3.8, 4) is 0 Å². The zero-order valence-electron chi connectivity index (χ0n) is 15.8. The van der Waals surface area contributed by atoms with Crippen molar-refractivity contribution in [1.82, 2.24) is 19.8 Å². The van der Waals surface area contributed by atoms with Gasteiger partial charge in [0.1, 0.15) is 5.82 Å².